The Kier molecular flexibility index (Phi) is 7.18. The molecule has 144 valence electrons. The zero-order chi connectivity index (χ0) is 19.6. The Labute approximate surface area is 151 Å². The van der Waals surface area contributed by atoms with E-state index in [0.29, 0.717) is 4.48 Å². The topological polar surface area (TPSA) is 26.3 Å². The van der Waals surface area contributed by atoms with Gasteiger partial charge in [0.1, 0.15) is 0 Å². The third kappa shape index (κ3) is 3.66. The highest BCUT2D eigenvalue weighted by molar-refractivity contribution is 5.79. The molecule has 0 aromatic carbocycles. The third-order valence-electron chi connectivity index (χ3n) is 7.90. The quantitative estimate of drug-likeness (QED) is 0.308. The molecular formula is C21H44NO2+. The van der Waals surface area contributed by atoms with Crippen molar-refractivity contribution in [2.24, 2.45) is 16.2 Å². The summed E-state index contributed by atoms with van der Waals surface area (Å²) in [6.07, 6.45) is 3.87. The van der Waals surface area contributed by atoms with Gasteiger partial charge < -0.3 is 4.74 Å². The first kappa shape index (κ1) is 23.4. The Balaban J connectivity index is 6.23. The average molecular weight is 343 g/mol. The molecule has 0 radical (unpaired) electrons. The first-order valence-electron chi connectivity index (χ1n) is 9.67. The van der Waals surface area contributed by atoms with Gasteiger partial charge in [0, 0.05) is 13.8 Å². The van der Waals surface area contributed by atoms with E-state index in [0.717, 1.165) is 25.7 Å². The molecule has 0 spiro atoms. The standard InChI is InChI=1S/C21H44NO2/c1-13-19(7,14-2)21(9,20(8,15-3)16-4)17(23)24-18(5,6)22(10,11)12/h13-16H2,1-12H3/q+1. The summed E-state index contributed by atoms with van der Waals surface area (Å²) in [5.41, 5.74) is -1.28. The van der Waals surface area contributed by atoms with E-state index in [1.807, 2.05) is 13.8 Å². The van der Waals surface area contributed by atoms with E-state index in [1.54, 1.807) is 0 Å². The van der Waals surface area contributed by atoms with Crippen molar-refractivity contribution in [1.82, 2.24) is 0 Å². The molecule has 0 aromatic heterocycles. The summed E-state index contributed by atoms with van der Waals surface area (Å²) in [7, 11) is 6.22. The molecule has 3 nitrogen and oxygen atoms in total. The highest BCUT2D eigenvalue weighted by Gasteiger charge is 2.60. The third-order valence-corrected chi connectivity index (χ3v) is 7.90. The summed E-state index contributed by atoms with van der Waals surface area (Å²) >= 11 is 0. The number of hydrogen-bond donors (Lipinski definition) is 0. The molecule has 0 aliphatic rings. The van der Waals surface area contributed by atoms with E-state index in [4.69, 9.17) is 4.74 Å². The molecule has 0 bridgehead atoms. The number of rotatable bonds is 9. The predicted molar refractivity (Wildman–Crippen MR) is 104 cm³/mol. The maximum atomic E-state index is 13.6. The maximum absolute atomic E-state index is 13.6. The van der Waals surface area contributed by atoms with Crippen LogP contribution in [0, 0.1) is 16.2 Å². The lowest BCUT2D eigenvalue weighted by molar-refractivity contribution is -0.943. The van der Waals surface area contributed by atoms with Crippen molar-refractivity contribution in [2.75, 3.05) is 21.1 Å². The van der Waals surface area contributed by atoms with E-state index in [-0.39, 0.29) is 16.8 Å². The number of nitrogens with zero attached hydrogens (tertiary/aromatic N) is 1. The molecule has 0 atom stereocenters. The van der Waals surface area contributed by atoms with Crippen LogP contribution in [-0.4, -0.2) is 37.3 Å². The van der Waals surface area contributed by atoms with E-state index in [9.17, 15) is 4.79 Å². The van der Waals surface area contributed by atoms with Gasteiger partial charge in [-0.3, -0.25) is 9.28 Å². The van der Waals surface area contributed by atoms with Crippen molar-refractivity contribution >= 4 is 5.97 Å². The monoisotopic (exact) mass is 342 g/mol. The van der Waals surface area contributed by atoms with Crippen LogP contribution in [0.25, 0.3) is 0 Å². The zero-order valence-electron chi connectivity index (χ0n) is 18.6. The van der Waals surface area contributed by atoms with Gasteiger partial charge in [-0.25, -0.2) is 0 Å². The molecule has 0 heterocycles. The number of quaternary nitrogens is 1. The van der Waals surface area contributed by atoms with Gasteiger partial charge in [0.05, 0.1) is 26.6 Å². The fourth-order valence-corrected chi connectivity index (χ4v) is 3.60. The molecule has 3 heteroatoms. The maximum Gasteiger partial charge on any atom is 0.317 e. The van der Waals surface area contributed by atoms with Crippen LogP contribution >= 0.6 is 0 Å². The lowest BCUT2D eigenvalue weighted by Crippen LogP contribution is -2.61. The van der Waals surface area contributed by atoms with Crippen LogP contribution in [0.4, 0.5) is 0 Å². The predicted octanol–water partition coefficient (Wildman–Crippen LogP) is 5.63. The second-order valence-corrected chi connectivity index (χ2v) is 9.51. The van der Waals surface area contributed by atoms with Crippen LogP contribution in [0.5, 0.6) is 0 Å². The minimum atomic E-state index is -0.566. The molecule has 0 aliphatic carbocycles. The lowest BCUT2D eigenvalue weighted by atomic mass is 9.49. The lowest BCUT2D eigenvalue weighted by Gasteiger charge is -2.55. The SMILES string of the molecule is CCC(C)(CC)C(C)(C(=O)OC(C)(C)[N+](C)(C)C)C(C)(CC)CC. The van der Waals surface area contributed by atoms with Gasteiger partial charge in [0.2, 0.25) is 5.72 Å². The minimum Gasteiger partial charge on any atom is -0.410 e. The second-order valence-electron chi connectivity index (χ2n) is 9.51. The normalized spacial score (nSPS) is 14.7. The van der Waals surface area contributed by atoms with Crippen molar-refractivity contribution in [3.05, 3.63) is 0 Å². The molecule has 0 N–H and O–H groups in total. The van der Waals surface area contributed by atoms with E-state index in [1.165, 1.54) is 0 Å². The molecule has 0 amide bonds. The molecule has 0 saturated heterocycles. The number of esters is 1. The van der Waals surface area contributed by atoms with Gasteiger partial charge in [-0.05, 0) is 43.4 Å². The molecule has 0 saturated carbocycles. The molecule has 0 rings (SSSR count). The highest BCUT2D eigenvalue weighted by Crippen LogP contribution is 2.59. The van der Waals surface area contributed by atoms with Crippen molar-refractivity contribution in [2.45, 2.75) is 93.7 Å². The van der Waals surface area contributed by atoms with Gasteiger partial charge >= 0.3 is 5.97 Å². The number of carbonyl (C=O) groups excluding carboxylic acids is 1. The number of hydrogen-bond acceptors (Lipinski definition) is 2. The molecule has 0 fully saturated rings. The van der Waals surface area contributed by atoms with Gasteiger partial charge in [-0.2, -0.15) is 0 Å². The van der Waals surface area contributed by atoms with Crippen LogP contribution < -0.4 is 0 Å². The summed E-state index contributed by atoms with van der Waals surface area (Å²) in [4.78, 5) is 13.6. The fraction of sp³-hybridized carbons (Fsp3) is 0.952. The smallest absolute Gasteiger partial charge is 0.317 e. The Hall–Kier alpha value is -0.570. The Morgan fingerprint density at radius 3 is 1.25 bits per heavy atom. The van der Waals surface area contributed by atoms with E-state index < -0.39 is 11.1 Å². The Bertz CT molecular complexity index is 406. The first-order valence-corrected chi connectivity index (χ1v) is 9.67. The van der Waals surface area contributed by atoms with Gasteiger partial charge in [0.25, 0.3) is 0 Å². The summed E-state index contributed by atoms with van der Waals surface area (Å²) in [5.74, 6) is -0.0436. The van der Waals surface area contributed by atoms with Gasteiger partial charge in [0.15, 0.2) is 0 Å². The molecule has 0 aromatic rings. The largest absolute Gasteiger partial charge is 0.410 e. The summed E-state index contributed by atoms with van der Waals surface area (Å²) in [6, 6.07) is 0. The van der Waals surface area contributed by atoms with Crippen molar-refractivity contribution < 1.29 is 14.0 Å². The van der Waals surface area contributed by atoms with Crippen LogP contribution in [0.15, 0.2) is 0 Å². The molecule has 0 aliphatic heterocycles. The highest BCUT2D eigenvalue weighted by atomic mass is 16.6. The second kappa shape index (κ2) is 7.35. The first-order chi connectivity index (χ1) is 10.6. The van der Waals surface area contributed by atoms with E-state index >= 15 is 0 Å². The van der Waals surface area contributed by atoms with Crippen molar-refractivity contribution in [3.8, 4) is 0 Å². The van der Waals surface area contributed by atoms with Crippen molar-refractivity contribution in [3.63, 3.8) is 0 Å². The van der Waals surface area contributed by atoms with Gasteiger partial charge in [-0.15, -0.1) is 0 Å². The van der Waals surface area contributed by atoms with Crippen LogP contribution in [0.2, 0.25) is 0 Å². The van der Waals surface area contributed by atoms with Crippen LogP contribution in [0.1, 0.15) is 88.0 Å². The molecule has 24 heavy (non-hydrogen) atoms. The van der Waals surface area contributed by atoms with Gasteiger partial charge in [-0.1, -0.05) is 41.5 Å². The Morgan fingerprint density at radius 2 is 1.04 bits per heavy atom. The van der Waals surface area contributed by atoms with E-state index in [2.05, 4.69) is 69.6 Å². The van der Waals surface area contributed by atoms with Crippen LogP contribution in [0.3, 0.4) is 0 Å². The summed E-state index contributed by atoms with van der Waals surface area (Å²) < 4.78 is 6.78. The van der Waals surface area contributed by atoms with Crippen LogP contribution in [-0.2, 0) is 9.53 Å². The number of carbonyl (C=O) groups is 1. The number of ether oxygens (including phenoxy) is 1. The zero-order valence-corrected chi connectivity index (χ0v) is 18.6. The summed E-state index contributed by atoms with van der Waals surface area (Å²) in [5, 5.41) is 0. The van der Waals surface area contributed by atoms with Crippen molar-refractivity contribution in [1.29, 1.82) is 0 Å². The average Bonchev–Trinajstić information content (AvgIpc) is 2.50. The minimum absolute atomic E-state index is 0.0436. The Morgan fingerprint density at radius 1 is 0.750 bits per heavy atom. The fourth-order valence-electron chi connectivity index (χ4n) is 3.60. The molecular weight excluding hydrogens is 298 g/mol. The summed E-state index contributed by atoms with van der Waals surface area (Å²) in [6.45, 7) is 19.5. The molecule has 0 unspecified atom stereocenters.